The zero-order valence-corrected chi connectivity index (χ0v) is 67.6. The minimum atomic E-state index is -3.25. The molecule has 17 rings (SSSR count). The Morgan fingerprint density at radius 1 is 0.339 bits per heavy atom. The van der Waals surface area contributed by atoms with E-state index in [0.717, 1.165) is 122 Å². The number of sulfonamides is 3. The van der Waals surface area contributed by atoms with Crippen LogP contribution < -0.4 is 27.9 Å². The summed E-state index contributed by atoms with van der Waals surface area (Å²) >= 11 is 6.99. The zero-order valence-electron chi connectivity index (χ0n) is 60.1. The fourth-order valence-electron chi connectivity index (χ4n) is 11.6. The molecule has 8 bridgehead atoms. The fourth-order valence-corrected chi connectivity index (χ4v) is 19.4. The molecule has 0 N–H and O–H groups in total. The molecule has 9 heterocycles. The van der Waals surface area contributed by atoms with Crippen molar-refractivity contribution in [3.8, 4) is 45.6 Å². The molecule has 33 heteroatoms. The first kappa shape index (κ1) is 79.1. The minimum absolute atomic E-state index is 0. The molecule has 15 aromatic rings. The van der Waals surface area contributed by atoms with E-state index < -0.39 is 30.1 Å². The Morgan fingerprint density at radius 2 is 0.587 bits per heavy atom. The quantitative estimate of drug-likeness (QED) is 0.0334. The molecule has 8 aromatic carbocycles. The van der Waals surface area contributed by atoms with Gasteiger partial charge in [-0.25, -0.2) is 68.1 Å². The molecule has 7 aromatic heterocycles. The second kappa shape index (κ2) is 35.0. The first-order valence-electron chi connectivity index (χ1n) is 34.3. The number of hydroxylamine groups is 1. The summed E-state index contributed by atoms with van der Waals surface area (Å²) in [6.45, 7) is 10.1. The second-order valence-electron chi connectivity index (χ2n) is 24.4. The van der Waals surface area contributed by atoms with Gasteiger partial charge in [0.25, 0.3) is 0 Å². The fraction of sp³-hybridized carbons (Fsp3) is 0.211. The third kappa shape index (κ3) is 18.2. The summed E-state index contributed by atoms with van der Waals surface area (Å²) in [7, 11) is -9.74. The monoisotopic (exact) mass is 1660 g/mol. The van der Waals surface area contributed by atoms with Crippen LogP contribution in [0.5, 0.6) is 0 Å². The van der Waals surface area contributed by atoms with Gasteiger partial charge in [0.15, 0.2) is 15.4 Å². The molecule has 109 heavy (non-hydrogen) atoms. The van der Waals surface area contributed by atoms with Crippen LogP contribution in [-0.2, 0) is 56.5 Å². The van der Waals surface area contributed by atoms with E-state index in [-0.39, 0.29) is 17.1 Å². The van der Waals surface area contributed by atoms with E-state index in [4.69, 9.17) is 49.2 Å². The molecule has 0 unspecified atom stereocenters. The normalized spacial score (nSPS) is 11.7. The van der Waals surface area contributed by atoms with Gasteiger partial charge in [-0.05, 0) is 95.8 Å². The van der Waals surface area contributed by atoms with Gasteiger partial charge in [-0.2, -0.15) is 5.06 Å². The number of thiazole rings is 4. The van der Waals surface area contributed by atoms with Crippen LogP contribution in [0.3, 0.4) is 0 Å². The number of aromatic nitrogens is 12. The number of rotatable bonds is 18. The summed E-state index contributed by atoms with van der Waals surface area (Å²) in [4.78, 5) is 62.1. The number of hydrogen-bond donors (Lipinski definition) is 0. The van der Waals surface area contributed by atoms with Crippen LogP contribution in [0.25, 0.3) is 131 Å². The Balaban J connectivity index is 0.000000136. The van der Waals surface area contributed by atoms with Crippen LogP contribution in [0.4, 0.5) is 20.5 Å². The van der Waals surface area contributed by atoms with Gasteiger partial charge in [-0.15, -0.1) is 4.33 Å². The van der Waals surface area contributed by atoms with Gasteiger partial charge in [0.05, 0.1) is 89.5 Å². The number of benzene rings is 8. The summed E-state index contributed by atoms with van der Waals surface area (Å²) in [5, 5.41) is 7.73. The van der Waals surface area contributed by atoms with Gasteiger partial charge in [0, 0.05) is 82.8 Å². The average Bonchev–Trinajstić information content (AvgIpc) is 1.60. The Morgan fingerprint density at radius 3 is 0.844 bits per heavy atom. The summed E-state index contributed by atoms with van der Waals surface area (Å²) in [6.07, 6.45) is 8.73. The van der Waals surface area contributed by atoms with E-state index in [1.807, 2.05) is 215 Å². The van der Waals surface area contributed by atoms with E-state index in [1.54, 1.807) is 16.4 Å². The maximum atomic E-state index is 11.7. The maximum Gasteiger partial charge on any atom is 2.00 e. The molecule has 2 aliphatic rings. The molecule has 1 radical (unpaired) electrons. The van der Waals surface area contributed by atoms with Gasteiger partial charge < -0.3 is 29.9 Å². The molecule has 563 valence electrons. The predicted octanol–water partition coefficient (Wildman–Crippen LogP) is 17.2. The third-order valence-corrected chi connectivity index (χ3v) is 24.6. The third-order valence-electron chi connectivity index (χ3n) is 16.4. The van der Waals surface area contributed by atoms with Crippen LogP contribution in [-0.4, -0.2) is 126 Å². The zero-order chi connectivity index (χ0) is 75.7. The van der Waals surface area contributed by atoms with Gasteiger partial charge >= 0.3 is 17.1 Å². The number of hydrogen-bond acceptors (Lipinski definition) is 24. The molecular weight excluding hydrogens is 1590 g/mol. The summed E-state index contributed by atoms with van der Waals surface area (Å²) < 4.78 is 83.3. The number of fused-ring (bicyclic) bond motifs is 24. The van der Waals surface area contributed by atoms with Crippen LogP contribution in [0.1, 0.15) is 53.4 Å². The van der Waals surface area contributed by atoms with E-state index in [0.29, 0.717) is 80.9 Å². The number of anilines is 4. The minimum Gasteiger partial charge on any atom is -0.357 e. The first-order chi connectivity index (χ1) is 52.2. The van der Waals surface area contributed by atoms with Crippen molar-refractivity contribution in [1.82, 2.24) is 59.8 Å². The molecule has 0 fully saturated rings. The largest absolute Gasteiger partial charge is 2.00 e. The Labute approximate surface area is 661 Å². The standard InChI is InChI=1S/C32H16N8.4C11H14N2O2S2.Cu/c1-2-10-18-17(9-1)25-33-26(18)38-28-21-13-5-6-14-22(21)30(35-28)40-32-24-16-8-7-15-23(24)31(36-32)39-29-20-12-4-3-11-19(20)27(34-29)37-25;3*1-3-8-13(17(2,14)15)11-12-9-6-4-5-7-10(9)16-11;1-3-8-13(14-15-16-2)11-12-9-6-4-5-7-10(9)17-11;/h1-16H;4*4-7H,3,8H2,1-2H3;/q-2;;;;;+2. The van der Waals surface area contributed by atoms with E-state index in [2.05, 4.69) is 32.9 Å². The molecule has 2 aliphatic heterocycles. The van der Waals surface area contributed by atoms with Gasteiger partial charge in [0.2, 0.25) is 35.2 Å². The van der Waals surface area contributed by atoms with Gasteiger partial charge in [0.1, 0.15) is 0 Å². The molecule has 0 spiro atoms. The molecule has 24 nitrogen and oxygen atoms in total. The predicted molar refractivity (Wildman–Crippen MR) is 443 cm³/mol. The number of para-hydroxylation sites is 4. The van der Waals surface area contributed by atoms with Gasteiger partial charge in [-0.3, -0.25) is 0 Å². The molecule has 0 aliphatic carbocycles. The Hall–Kier alpha value is -9.48. The van der Waals surface area contributed by atoms with Crippen molar-refractivity contribution in [3.05, 3.63) is 194 Å². The first-order valence-corrected chi connectivity index (χ1v) is 44.3. The maximum absolute atomic E-state index is 11.7. The van der Waals surface area contributed by atoms with Crippen molar-refractivity contribution in [3.63, 3.8) is 0 Å². The SMILES string of the molecule is CCCN(OOSC)c1nc2ccccc2s1.CCCN(c1nc2ccccc2s1)S(C)(=O)=O.CCCN(c1nc2ccccc2s1)S(C)(=O)=O.CCCN(c1nc2ccccc2s1)S(C)(=O)=O.[Cu+2].c1ccc2c(c1)-c1nc-2nc2[n-]c(nc3nc(nc4[n-]c(n1)c1ccccc41)-c1ccccc1-3)c1ccccc21. The van der Waals surface area contributed by atoms with E-state index in [9.17, 15) is 25.3 Å². The van der Waals surface area contributed by atoms with Crippen molar-refractivity contribution in [1.29, 1.82) is 0 Å². The van der Waals surface area contributed by atoms with Gasteiger partial charge in [-0.1, -0.05) is 224 Å². The molecule has 0 saturated heterocycles. The van der Waals surface area contributed by atoms with Crippen molar-refractivity contribution >= 4 is 193 Å². The number of nitrogens with zero attached hydrogens (tertiary/aromatic N) is 16. The average molecular weight is 1660 g/mol. The van der Waals surface area contributed by atoms with Crippen molar-refractivity contribution in [2.75, 3.05) is 69.2 Å². The van der Waals surface area contributed by atoms with Crippen molar-refractivity contribution < 1.29 is 51.6 Å². The Bertz CT molecular complexity index is 5580. The van der Waals surface area contributed by atoms with Crippen molar-refractivity contribution in [2.45, 2.75) is 53.4 Å². The molecule has 0 amide bonds. The van der Waals surface area contributed by atoms with Crippen LogP contribution in [0.15, 0.2) is 194 Å². The summed E-state index contributed by atoms with van der Waals surface area (Å²) in [6, 6.07) is 62.9. The van der Waals surface area contributed by atoms with E-state index in [1.165, 1.54) is 77.7 Å². The summed E-state index contributed by atoms with van der Waals surface area (Å²) in [5.74, 6) is 2.21. The second-order valence-corrected chi connectivity index (χ2v) is 34.7. The van der Waals surface area contributed by atoms with E-state index >= 15 is 0 Å². The van der Waals surface area contributed by atoms with Crippen LogP contribution >= 0.6 is 57.4 Å². The molecule has 0 saturated carbocycles. The summed E-state index contributed by atoms with van der Waals surface area (Å²) in [5.41, 5.74) is 9.30. The molecule has 0 atom stereocenters. The Kier molecular flexibility index (Phi) is 25.4. The smallest absolute Gasteiger partial charge is 0.357 e. The van der Waals surface area contributed by atoms with Crippen LogP contribution in [0, 0.1) is 0 Å². The molecular formula is C76H72CuN16O8S8. The topological polar surface area (TPSA) is 291 Å². The van der Waals surface area contributed by atoms with Crippen LogP contribution in [0.2, 0.25) is 0 Å². The van der Waals surface area contributed by atoms with Crippen molar-refractivity contribution in [2.24, 2.45) is 0 Å².